The standard InChI is InChI=1S/C25H34N2O6.C2H6O/c1-3-4-8-15-27(33-22-13-11-21(31-2)12-14-22)19-24(29)23(26-25(30)32-17-16-28)18-20-9-6-5-7-10-20;1-3-2/h5-7,9-14,16,23-24,29H,3-4,8,15,17-19H2,1-2H3,(H,26,30);1-2H3. The van der Waals surface area contributed by atoms with Crippen LogP contribution in [0.2, 0.25) is 0 Å². The van der Waals surface area contributed by atoms with Crippen molar-refractivity contribution in [2.75, 3.05) is 41.0 Å². The summed E-state index contributed by atoms with van der Waals surface area (Å²) >= 11 is 0. The van der Waals surface area contributed by atoms with Crippen LogP contribution in [0.3, 0.4) is 0 Å². The molecule has 2 aromatic rings. The second kappa shape index (κ2) is 19.1. The summed E-state index contributed by atoms with van der Waals surface area (Å²) in [5, 5.41) is 15.4. The van der Waals surface area contributed by atoms with Crippen molar-refractivity contribution in [1.82, 2.24) is 10.4 Å². The number of aliphatic hydroxyl groups excluding tert-OH is 1. The molecule has 9 heteroatoms. The molecule has 0 radical (unpaired) electrons. The molecule has 2 unspecified atom stereocenters. The minimum Gasteiger partial charge on any atom is -0.497 e. The molecule has 200 valence electrons. The Morgan fingerprint density at radius 2 is 1.67 bits per heavy atom. The van der Waals surface area contributed by atoms with Gasteiger partial charge in [0.1, 0.15) is 18.1 Å². The summed E-state index contributed by atoms with van der Waals surface area (Å²) in [6, 6.07) is 16.1. The van der Waals surface area contributed by atoms with Gasteiger partial charge < -0.3 is 29.5 Å². The number of unbranched alkanes of at least 4 members (excludes halogenated alkanes) is 2. The van der Waals surface area contributed by atoms with E-state index in [1.807, 2.05) is 30.3 Å². The molecule has 0 fully saturated rings. The number of alkyl carbamates (subject to hydrolysis) is 1. The quantitative estimate of drug-likeness (QED) is 0.215. The summed E-state index contributed by atoms with van der Waals surface area (Å²) in [5.41, 5.74) is 0.950. The first-order valence-corrected chi connectivity index (χ1v) is 12.0. The molecular formula is C27H40N2O7. The largest absolute Gasteiger partial charge is 0.497 e. The summed E-state index contributed by atoms with van der Waals surface area (Å²) in [6.45, 7) is 2.56. The summed E-state index contributed by atoms with van der Waals surface area (Å²) in [6.07, 6.45) is 2.17. The number of hydrogen-bond acceptors (Lipinski definition) is 8. The molecule has 0 aliphatic carbocycles. The van der Waals surface area contributed by atoms with E-state index in [-0.39, 0.29) is 13.2 Å². The Bertz CT molecular complexity index is 834. The van der Waals surface area contributed by atoms with Gasteiger partial charge in [0, 0.05) is 20.8 Å². The number of hydrogen-bond donors (Lipinski definition) is 2. The number of benzene rings is 2. The minimum atomic E-state index is -0.950. The summed E-state index contributed by atoms with van der Waals surface area (Å²) in [7, 11) is 4.85. The molecule has 2 N–H and O–H groups in total. The van der Waals surface area contributed by atoms with Crippen molar-refractivity contribution in [2.45, 2.75) is 44.8 Å². The predicted octanol–water partition coefficient (Wildman–Crippen LogP) is 3.64. The molecular weight excluding hydrogens is 464 g/mol. The Labute approximate surface area is 214 Å². The SMILES string of the molecule is CCCCCN(CC(O)C(Cc1ccccc1)NC(=O)OCC=O)Oc1ccc(OC)cc1.COC. The maximum absolute atomic E-state index is 12.1. The highest BCUT2D eigenvalue weighted by atomic mass is 16.7. The third-order valence-electron chi connectivity index (χ3n) is 5.04. The number of rotatable bonds is 15. The van der Waals surface area contributed by atoms with Gasteiger partial charge in [0.05, 0.1) is 25.8 Å². The highest BCUT2D eigenvalue weighted by Crippen LogP contribution is 2.19. The number of nitrogens with zero attached hydrogens (tertiary/aromatic N) is 1. The summed E-state index contributed by atoms with van der Waals surface area (Å²) in [4.78, 5) is 28.6. The van der Waals surface area contributed by atoms with Crippen LogP contribution in [0.5, 0.6) is 11.5 Å². The molecule has 0 saturated carbocycles. The maximum atomic E-state index is 12.1. The molecule has 0 aromatic heterocycles. The van der Waals surface area contributed by atoms with Gasteiger partial charge in [-0.2, -0.15) is 0 Å². The second-order valence-corrected chi connectivity index (χ2v) is 8.04. The Hall–Kier alpha value is -3.14. The van der Waals surface area contributed by atoms with Gasteiger partial charge in [-0.15, -0.1) is 5.06 Å². The lowest BCUT2D eigenvalue weighted by Gasteiger charge is -2.29. The number of aliphatic hydroxyl groups is 1. The number of methoxy groups -OCH3 is 2. The predicted molar refractivity (Wildman–Crippen MR) is 138 cm³/mol. The lowest BCUT2D eigenvalue weighted by Crippen LogP contribution is -2.50. The van der Waals surface area contributed by atoms with Crippen LogP contribution >= 0.6 is 0 Å². The highest BCUT2D eigenvalue weighted by Gasteiger charge is 2.25. The second-order valence-electron chi connectivity index (χ2n) is 8.04. The van der Waals surface area contributed by atoms with E-state index < -0.39 is 18.2 Å². The lowest BCUT2D eigenvalue weighted by molar-refractivity contribution is -0.110. The van der Waals surface area contributed by atoms with Crippen LogP contribution in [0.1, 0.15) is 31.7 Å². The third kappa shape index (κ3) is 13.1. The Morgan fingerprint density at radius 3 is 2.25 bits per heavy atom. The van der Waals surface area contributed by atoms with Gasteiger partial charge in [0.15, 0.2) is 6.29 Å². The molecule has 0 aliphatic heterocycles. The van der Waals surface area contributed by atoms with Crippen molar-refractivity contribution in [2.24, 2.45) is 0 Å². The van der Waals surface area contributed by atoms with E-state index in [9.17, 15) is 14.7 Å². The number of nitrogens with one attached hydrogen (secondary N) is 1. The van der Waals surface area contributed by atoms with Gasteiger partial charge in [0.25, 0.3) is 0 Å². The van der Waals surface area contributed by atoms with Crippen LogP contribution in [0.25, 0.3) is 0 Å². The lowest BCUT2D eigenvalue weighted by atomic mass is 10.0. The molecule has 0 heterocycles. The first-order chi connectivity index (χ1) is 17.5. The molecule has 0 bridgehead atoms. The number of ether oxygens (including phenoxy) is 3. The number of carbonyl (C=O) groups is 2. The Morgan fingerprint density at radius 1 is 1.03 bits per heavy atom. The normalized spacial score (nSPS) is 12.1. The van der Waals surface area contributed by atoms with Gasteiger partial charge in [-0.05, 0) is 42.7 Å². The fraction of sp³-hybridized carbons (Fsp3) is 0.481. The summed E-state index contributed by atoms with van der Waals surface area (Å²) < 4.78 is 14.3. The van der Waals surface area contributed by atoms with Crippen LogP contribution in [0.4, 0.5) is 4.79 Å². The number of hydroxylamine groups is 2. The van der Waals surface area contributed by atoms with Crippen LogP contribution in [-0.4, -0.2) is 75.7 Å². The van der Waals surface area contributed by atoms with E-state index in [0.717, 1.165) is 30.6 Å². The Kier molecular flexibility index (Phi) is 16.4. The van der Waals surface area contributed by atoms with E-state index in [1.165, 1.54) is 0 Å². The molecule has 0 spiro atoms. The van der Waals surface area contributed by atoms with E-state index in [1.54, 1.807) is 50.7 Å². The average Bonchev–Trinajstić information content (AvgIpc) is 2.88. The molecule has 36 heavy (non-hydrogen) atoms. The smallest absolute Gasteiger partial charge is 0.407 e. The minimum absolute atomic E-state index is 0.168. The van der Waals surface area contributed by atoms with Gasteiger partial charge in [0.2, 0.25) is 0 Å². The average molecular weight is 505 g/mol. The molecule has 0 aliphatic rings. The van der Waals surface area contributed by atoms with Gasteiger partial charge in [-0.1, -0.05) is 50.1 Å². The number of amides is 1. The van der Waals surface area contributed by atoms with E-state index in [4.69, 9.17) is 14.3 Å². The van der Waals surface area contributed by atoms with Crippen molar-refractivity contribution in [3.63, 3.8) is 0 Å². The molecule has 2 aromatic carbocycles. The molecule has 0 saturated heterocycles. The van der Waals surface area contributed by atoms with Crippen LogP contribution in [0.15, 0.2) is 54.6 Å². The molecule has 9 nitrogen and oxygen atoms in total. The van der Waals surface area contributed by atoms with E-state index in [2.05, 4.69) is 17.0 Å². The van der Waals surface area contributed by atoms with Crippen LogP contribution < -0.4 is 14.9 Å². The van der Waals surface area contributed by atoms with Crippen molar-refractivity contribution in [1.29, 1.82) is 0 Å². The van der Waals surface area contributed by atoms with Crippen molar-refractivity contribution >= 4 is 12.4 Å². The van der Waals surface area contributed by atoms with Gasteiger partial charge in [-0.3, -0.25) is 4.79 Å². The van der Waals surface area contributed by atoms with E-state index in [0.29, 0.717) is 25.0 Å². The van der Waals surface area contributed by atoms with Gasteiger partial charge >= 0.3 is 6.09 Å². The first kappa shape index (κ1) is 30.9. The zero-order valence-electron chi connectivity index (χ0n) is 21.7. The van der Waals surface area contributed by atoms with Gasteiger partial charge in [-0.25, -0.2) is 4.79 Å². The number of aldehydes is 1. The fourth-order valence-corrected chi connectivity index (χ4v) is 3.29. The monoisotopic (exact) mass is 504 g/mol. The maximum Gasteiger partial charge on any atom is 0.407 e. The van der Waals surface area contributed by atoms with E-state index >= 15 is 0 Å². The highest BCUT2D eigenvalue weighted by molar-refractivity contribution is 5.69. The number of carbonyl (C=O) groups excluding carboxylic acids is 2. The first-order valence-electron chi connectivity index (χ1n) is 12.0. The van der Waals surface area contributed by atoms with Crippen molar-refractivity contribution < 1.29 is 33.7 Å². The summed E-state index contributed by atoms with van der Waals surface area (Å²) in [5.74, 6) is 1.35. The van der Waals surface area contributed by atoms with Crippen molar-refractivity contribution in [3.05, 3.63) is 60.2 Å². The Balaban J connectivity index is 0.00000205. The van der Waals surface area contributed by atoms with Crippen molar-refractivity contribution in [3.8, 4) is 11.5 Å². The molecule has 2 rings (SSSR count). The van der Waals surface area contributed by atoms with Crippen LogP contribution in [-0.2, 0) is 20.7 Å². The molecule has 1 amide bonds. The van der Waals surface area contributed by atoms with Crippen LogP contribution in [0, 0.1) is 0 Å². The fourth-order valence-electron chi connectivity index (χ4n) is 3.29. The molecule has 2 atom stereocenters. The zero-order valence-corrected chi connectivity index (χ0v) is 21.7. The zero-order chi connectivity index (χ0) is 26.6. The topological polar surface area (TPSA) is 107 Å². The third-order valence-corrected chi connectivity index (χ3v) is 5.04.